The molecular formula is C52H38N4O8. The maximum atomic E-state index is 6.12. The van der Waals surface area contributed by atoms with Crippen molar-refractivity contribution in [2.24, 2.45) is 0 Å². The van der Waals surface area contributed by atoms with Crippen LogP contribution in [0, 0.1) is 0 Å². The summed E-state index contributed by atoms with van der Waals surface area (Å²) in [4.78, 5) is 18.6. The third-order valence-corrected chi connectivity index (χ3v) is 12.1. The minimum atomic E-state index is 0.467. The molecule has 9 heterocycles. The highest BCUT2D eigenvalue weighted by molar-refractivity contribution is 6.00. The van der Waals surface area contributed by atoms with E-state index in [0.717, 1.165) is 95.1 Å². The third kappa shape index (κ3) is 6.20. The number of fused-ring (bicyclic) bond motifs is 12. The molecule has 0 saturated carbocycles. The van der Waals surface area contributed by atoms with Crippen LogP contribution in [-0.2, 0) is 0 Å². The summed E-state index contributed by atoms with van der Waals surface area (Å²) in [5, 5.41) is 0. The van der Waals surface area contributed by atoms with Crippen molar-refractivity contribution >= 4 is 46.4 Å². The highest BCUT2D eigenvalue weighted by atomic mass is 16.6. The molecule has 7 aromatic rings. The maximum absolute atomic E-state index is 6.12. The lowest BCUT2D eigenvalue weighted by molar-refractivity contribution is 0.171. The highest BCUT2D eigenvalue weighted by Gasteiger charge is 2.24. The van der Waals surface area contributed by atoms with Crippen molar-refractivity contribution in [3.63, 3.8) is 0 Å². The van der Waals surface area contributed by atoms with Gasteiger partial charge in [-0.1, -0.05) is 24.3 Å². The lowest BCUT2D eigenvalue weighted by Crippen LogP contribution is -2.15. The quantitative estimate of drug-likeness (QED) is 0.176. The molecule has 64 heavy (non-hydrogen) atoms. The second-order valence-electron chi connectivity index (χ2n) is 15.9. The summed E-state index contributed by atoms with van der Waals surface area (Å²) < 4.78 is 48.2. The van der Waals surface area contributed by atoms with Gasteiger partial charge in [0.05, 0.1) is 22.8 Å². The zero-order valence-corrected chi connectivity index (χ0v) is 34.4. The van der Waals surface area contributed by atoms with Gasteiger partial charge >= 0.3 is 0 Å². The number of hydrogen-bond acceptors (Lipinski definition) is 10. The number of aromatic nitrogens is 4. The molecule has 0 amide bonds. The topological polar surface area (TPSA) is 131 Å². The van der Waals surface area contributed by atoms with Gasteiger partial charge in [-0.25, -0.2) is 9.97 Å². The van der Waals surface area contributed by atoms with Crippen molar-refractivity contribution < 1.29 is 37.9 Å². The van der Waals surface area contributed by atoms with Crippen LogP contribution in [0.15, 0.2) is 97.1 Å². The van der Waals surface area contributed by atoms with Gasteiger partial charge in [0.1, 0.15) is 52.9 Å². The fourth-order valence-electron chi connectivity index (χ4n) is 9.22. The number of rotatable bonds is 4. The summed E-state index contributed by atoms with van der Waals surface area (Å²) in [5.41, 5.74) is 13.7. The van der Waals surface area contributed by atoms with Crippen LogP contribution in [0.2, 0.25) is 0 Å². The Morgan fingerprint density at radius 2 is 0.547 bits per heavy atom. The molecule has 0 atom stereocenters. The van der Waals surface area contributed by atoms with Crippen molar-refractivity contribution in [2.45, 2.75) is 0 Å². The van der Waals surface area contributed by atoms with Crippen LogP contribution in [-0.4, -0.2) is 72.8 Å². The summed E-state index contributed by atoms with van der Waals surface area (Å²) in [6.45, 7) is 3.89. The van der Waals surface area contributed by atoms with E-state index in [2.05, 4.69) is 76.7 Å². The van der Waals surface area contributed by atoms with E-state index >= 15 is 0 Å². The number of nitrogens with zero attached hydrogens (tertiary/aromatic N) is 2. The Balaban J connectivity index is 1.15. The van der Waals surface area contributed by atoms with Crippen LogP contribution in [0.4, 0.5) is 0 Å². The predicted molar refractivity (Wildman–Crippen MR) is 245 cm³/mol. The zero-order chi connectivity index (χ0) is 42.1. The SMILES string of the molecule is C1=Cc2nc1c(-c1ccc3c(c1)OCCO3)c1nc(c(-c3ccc4c(c3)OCCO4)c3ccc([nH]3)c(-c3ccc4c(c3)OCCO4)c3ccc([nH]3)c2-c2ccc3c(c2)OCCO3)C=C1. The van der Waals surface area contributed by atoms with E-state index in [-0.39, 0.29) is 0 Å². The molecule has 12 nitrogen and oxygen atoms in total. The highest BCUT2D eigenvalue weighted by Crippen LogP contribution is 2.44. The molecule has 3 aromatic heterocycles. The summed E-state index contributed by atoms with van der Waals surface area (Å²) in [7, 11) is 0. The maximum Gasteiger partial charge on any atom is 0.161 e. The first kappa shape index (κ1) is 36.5. The van der Waals surface area contributed by atoms with Gasteiger partial charge < -0.3 is 47.9 Å². The molecule has 6 aliphatic rings. The van der Waals surface area contributed by atoms with E-state index in [4.69, 9.17) is 47.9 Å². The monoisotopic (exact) mass is 846 g/mol. The summed E-state index contributed by atoms with van der Waals surface area (Å²) >= 11 is 0. The van der Waals surface area contributed by atoms with Crippen molar-refractivity contribution in [3.8, 4) is 90.5 Å². The van der Waals surface area contributed by atoms with Crippen molar-refractivity contribution in [3.05, 3.63) is 120 Å². The van der Waals surface area contributed by atoms with Crippen LogP contribution in [0.25, 0.3) is 90.9 Å². The first-order chi connectivity index (χ1) is 31.7. The van der Waals surface area contributed by atoms with Crippen LogP contribution in [0.5, 0.6) is 46.0 Å². The second kappa shape index (κ2) is 14.8. The fraction of sp³-hybridized carbons (Fsp3) is 0.154. The lowest BCUT2D eigenvalue weighted by Gasteiger charge is -2.19. The van der Waals surface area contributed by atoms with Gasteiger partial charge in [-0.05, 0) is 119 Å². The molecule has 12 heteroatoms. The minimum Gasteiger partial charge on any atom is -0.486 e. The number of H-pyrrole nitrogens is 2. The van der Waals surface area contributed by atoms with Gasteiger partial charge in [-0.3, -0.25) is 0 Å². The molecule has 0 fully saturated rings. The Morgan fingerprint density at radius 3 is 0.891 bits per heavy atom. The Labute approximate surface area is 366 Å². The number of ether oxygens (including phenoxy) is 8. The molecule has 0 spiro atoms. The van der Waals surface area contributed by atoms with Gasteiger partial charge in [0.25, 0.3) is 0 Å². The molecule has 0 saturated heterocycles. The van der Waals surface area contributed by atoms with Crippen LogP contribution in [0.3, 0.4) is 0 Å². The predicted octanol–water partition coefficient (Wildman–Crippen LogP) is 10.4. The second-order valence-corrected chi connectivity index (χ2v) is 15.9. The van der Waals surface area contributed by atoms with Crippen molar-refractivity contribution in [2.75, 3.05) is 52.9 Å². The van der Waals surface area contributed by atoms with Gasteiger partial charge in [0, 0.05) is 44.3 Å². The number of nitrogens with one attached hydrogen (secondary N) is 2. The average Bonchev–Trinajstić information content (AvgIpc) is 4.20. The van der Waals surface area contributed by atoms with Gasteiger partial charge in [0.15, 0.2) is 46.0 Å². The van der Waals surface area contributed by atoms with E-state index in [1.165, 1.54) is 0 Å². The summed E-state index contributed by atoms with van der Waals surface area (Å²) in [6.07, 6.45) is 8.25. The first-order valence-electron chi connectivity index (χ1n) is 21.4. The molecule has 13 rings (SSSR count). The minimum absolute atomic E-state index is 0.467. The molecular weight excluding hydrogens is 809 g/mol. The first-order valence-corrected chi connectivity index (χ1v) is 21.4. The smallest absolute Gasteiger partial charge is 0.161 e. The lowest BCUT2D eigenvalue weighted by atomic mass is 10.0. The molecule has 314 valence electrons. The van der Waals surface area contributed by atoms with E-state index < -0.39 is 0 Å². The Hall–Kier alpha value is -8.12. The average molecular weight is 847 g/mol. The molecule has 2 N–H and O–H groups in total. The number of aromatic amines is 2. The Bertz CT molecular complexity index is 3170. The molecule has 0 radical (unpaired) electrons. The van der Waals surface area contributed by atoms with Gasteiger partial charge in [-0.2, -0.15) is 0 Å². The van der Waals surface area contributed by atoms with Crippen LogP contribution < -0.4 is 37.9 Å². The summed E-state index contributed by atoms with van der Waals surface area (Å²) in [6, 6.07) is 32.7. The number of benzene rings is 4. The Morgan fingerprint density at radius 1 is 0.281 bits per heavy atom. The normalized spacial score (nSPS) is 15.2. The molecule has 4 aromatic carbocycles. The third-order valence-electron chi connectivity index (χ3n) is 12.1. The van der Waals surface area contributed by atoms with E-state index in [0.29, 0.717) is 93.1 Å². The fourth-order valence-corrected chi connectivity index (χ4v) is 9.22. The molecule has 0 aliphatic carbocycles. The van der Waals surface area contributed by atoms with Crippen molar-refractivity contribution in [1.82, 2.24) is 19.9 Å². The van der Waals surface area contributed by atoms with E-state index in [1.807, 2.05) is 54.6 Å². The summed E-state index contributed by atoms with van der Waals surface area (Å²) in [5.74, 6) is 5.59. The van der Waals surface area contributed by atoms with Crippen molar-refractivity contribution in [1.29, 1.82) is 0 Å². The standard InChI is InChI=1S/C52H38N4O8/c1-13-41-45(61-21-17-57-41)25-29(1)49-33-5-7-35(53-33)50(30-2-14-42-46(26-30)62-22-18-58-42)37-9-11-39(55-37)52(32-4-16-44-48(28-32)64-24-20-60-44)40-12-10-38(56-40)51(36-8-6-34(49)54-36)31-3-15-43-47(27-31)63-23-19-59-43/h1-16,25-28,53-54H,17-24H2. The number of hydrogen-bond donors (Lipinski definition) is 2. The largest absolute Gasteiger partial charge is 0.486 e. The molecule has 0 unspecified atom stereocenters. The van der Waals surface area contributed by atoms with Crippen LogP contribution in [0.1, 0.15) is 22.8 Å². The van der Waals surface area contributed by atoms with Crippen LogP contribution >= 0.6 is 0 Å². The zero-order valence-electron chi connectivity index (χ0n) is 34.4. The van der Waals surface area contributed by atoms with Gasteiger partial charge in [-0.15, -0.1) is 0 Å². The van der Waals surface area contributed by atoms with Gasteiger partial charge in [0.2, 0.25) is 0 Å². The molecule has 6 aliphatic heterocycles. The van der Waals surface area contributed by atoms with E-state index in [9.17, 15) is 0 Å². The molecule has 8 bridgehead atoms. The van der Waals surface area contributed by atoms with E-state index in [1.54, 1.807) is 0 Å². The Kier molecular flexibility index (Phi) is 8.43.